The van der Waals surface area contributed by atoms with Gasteiger partial charge in [-0.2, -0.15) is 21.5 Å². The number of nitrogens with zero attached hydrogens (tertiary/aromatic N) is 2. The number of sulfonamides is 1. The zero-order valence-corrected chi connectivity index (χ0v) is 18.2. The highest BCUT2D eigenvalue weighted by Crippen LogP contribution is 2.44. The summed E-state index contributed by atoms with van der Waals surface area (Å²) in [5.41, 5.74) is -0.402. The Balaban J connectivity index is 1.96. The molecule has 1 saturated heterocycles. The van der Waals surface area contributed by atoms with Crippen LogP contribution >= 0.6 is 23.5 Å². The smallest absolute Gasteiger partial charge is 0.343 e. The molecule has 0 bridgehead atoms. The van der Waals surface area contributed by atoms with Gasteiger partial charge in [-0.25, -0.2) is 13.2 Å². The van der Waals surface area contributed by atoms with Gasteiger partial charge in [0.25, 0.3) is 0 Å². The van der Waals surface area contributed by atoms with E-state index in [4.69, 9.17) is 0 Å². The molecule has 1 aliphatic rings. The molecule has 2 heterocycles. The summed E-state index contributed by atoms with van der Waals surface area (Å²) >= 11 is 2.73. The van der Waals surface area contributed by atoms with Gasteiger partial charge < -0.3 is 10.3 Å². The van der Waals surface area contributed by atoms with Crippen LogP contribution in [0.15, 0.2) is 63.5 Å². The van der Waals surface area contributed by atoms with Crippen molar-refractivity contribution in [2.75, 3.05) is 12.3 Å². The van der Waals surface area contributed by atoms with Crippen molar-refractivity contribution >= 4 is 39.5 Å². The average Bonchev–Trinajstić information content (AvgIpc) is 2.68. The highest BCUT2D eigenvalue weighted by Gasteiger charge is 2.62. The number of pyridine rings is 1. The number of hydrogen-bond acceptors (Lipinski definition) is 8. The first-order valence-corrected chi connectivity index (χ1v) is 11.9. The van der Waals surface area contributed by atoms with Crippen LogP contribution in [0.5, 0.6) is 0 Å². The van der Waals surface area contributed by atoms with Gasteiger partial charge in [0.15, 0.2) is 0 Å². The molecule has 2 aromatic rings. The second-order valence-corrected chi connectivity index (χ2v) is 11.5. The highest BCUT2D eigenvalue weighted by atomic mass is 32.2. The van der Waals surface area contributed by atoms with Gasteiger partial charge >= 0.3 is 5.97 Å². The summed E-state index contributed by atoms with van der Waals surface area (Å²) in [5.74, 6) is -1.07. The molecule has 0 aliphatic carbocycles. The van der Waals surface area contributed by atoms with Crippen molar-refractivity contribution < 1.29 is 23.5 Å². The summed E-state index contributed by atoms with van der Waals surface area (Å²) in [4.78, 5) is 17.8. The van der Waals surface area contributed by atoms with E-state index < -0.39 is 26.4 Å². The molecule has 1 aromatic heterocycles. The van der Waals surface area contributed by atoms with E-state index in [9.17, 15) is 23.5 Å². The van der Waals surface area contributed by atoms with E-state index in [1.54, 1.807) is 43.9 Å². The van der Waals surface area contributed by atoms with Gasteiger partial charge in [-0.15, -0.1) is 0 Å². The maximum Gasteiger partial charge on any atom is 0.343 e. The van der Waals surface area contributed by atoms with E-state index in [2.05, 4.69) is 4.98 Å². The zero-order valence-electron chi connectivity index (χ0n) is 15.8. The Kier molecular flexibility index (Phi) is 6.27. The molecule has 0 amide bonds. The Labute approximate surface area is 177 Å². The normalized spacial score (nSPS) is 22.3. The van der Waals surface area contributed by atoms with Gasteiger partial charge in [0.05, 0.1) is 9.64 Å². The summed E-state index contributed by atoms with van der Waals surface area (Å²) in [6.07, 6.45) is 3.34. The van der Waals surface area contributed by atoms with Crippen LogP contribution in [0.25, 0.3) is 0 Å². The number of carboxylic acid groups (broad SMARTS) is 1. The van der Waals surface area contributed by atoms with Gasteiger partial charge in [0.2, 0.25) is 15.7 Å². The number of rotatable bonds is 6. The second-order valence-electron chi connectivity index (χ2n) is 6.82. The molecule has 29 heavy (non-hydrogen) atoms. The predicted octanol–water partition coefficient (Wildman–Crippen LogP) is 2.51. The number of aliphatic carboxylic acids is 1. The third kappa shape index (κ3) is 3.90. The number of carbonyl (C=O) groups is 1. The van der Waals surface area contributed by atoms with Crippen molar-refractivity contribution in [1.82, 2.24) is 14.8 Å². The molecular weight excluding hydrogens is 434 g/mol. The first-order valence-electron chi connectivity index (χ1n) is 8.64. The van der Waals surface area contributed by atoms with E-state index in [1.807, 2.05) is 12.1 Å². The minimum absolute atomic E-state index is 0.0415. The molecule has 1 fully saturated rings. The zero-order chi connectivity index (χ0) is 21.3. The fraction of sp³-hybridized carbons (Fsp3) is 0.333. The molecule has 1 atom stereocenters. The lowest BCUT2D eigenvalue weighted by Crippen LogP contribution is -2.75. The molecule has 3 rings (SSSR count). The summed E-state index contributed by atoms with van der Waals surface area (Å²) in [7, 11) is -4.19. The fourth-order valence-corrected chi connectivity index (χ4v) is 7.19. The maximum absolute atomic E-state index is 13.3. The number of hydroxylamine groups is 1. The monoisotopic (exact) mass is 455 g/mol. The lowest BCUT2D eigenvalue weighted by molar-refractivity contribution is -0.161. The van der Waals surface area contributed by atoms with Gasteiger partial charge in [-0.05, 0) is 50.2 Å². The van der Waals surface area contributed by atoms with Crippen LogP contribution in [0, 0.1) is 0 Å². The molecular formula is C18H21N3O5S3. The number of thioether (sulfide) groups is 1. The van der Waals surface area contributed by atoms with E-state index >= 15 is 0 Å². The number of benzene rings is 1. The molecule has 0 radical (unpaired) electrons. The van der Waals surface area contributed by atoms with E-state index in [0.29, 0.717) is 5.75 Å². The molecule has 3 N–H and O–H groups in total. The van der Waals surface area contributed by atoms with Crippen molar-refractivity contribution in [3.63, 3.8) is 0 Å². The van der Waals surface area contributed by atoms with Crippen molar-refractivity contribution in [3.8, 4) is 0 Å². The van der Waals surface area contributed by atoms with Crippen molar-refractivity contribution in [3.05, 3.63) is 48.8 Å². The first kappa shape index (κ1) is 22.1. The second kappa shape index (κ2) is 8.25. The topological polar surface area (TPSA) is 120 Å². The van der Waals surface area contributed by atoms with E-state index in [-0.39, 0.29) is 11.4 Å². The van der Waals surface area contributed by atoms with Gasteiger partial charge in [0.1, 0.15) is 0 Å². The van der Waals surface area contributed by atoms with Crippen LogP contribution in [0.4, 0.5) is 0 Å². The van der Waals surface area contributed by atoms with E-state index in [1.165, 1.54) is 35.7 Å². The van der Waals surface area contributed by atoms with Crippen LogP contribution in [0.1, 0.15) is 13.8 Å². The predicted molar refractivity (Wildman–Crippen MR) is 111 cm³/mol. The Morgan fingerprint density at radius 1 is 1.17 bits per heavy atom. The minimum atomic E-state index is -4.19. The highest BCUT2D eigenvalue weighted by molar-refractivity contribution is 8.01. The quantitative estimate of drug-likeness (QED) is 0.564. The van der Waals surface area contributed by atoms with Crippen LogP contribution in [-0.4, -0.2) is 56.7 Å². The Bertz CT molecular complexity index is 984. The Hall–Kier alpha value is -1.63. The third-order valence-corrected chi connectivity index (χ3v) is 9.10. The van der Waals surface area contributed by atoms with Crippen molar-refractivity contribution in [1.29, 1.82) is 0 Å². The average molecular weight is 456 g/mol. The van der Waals surface area contributed by atoms with Crippen molar-refractivity contribution in [2.24, 2.45) is 0 Å². The number of carboxylic acids is 1. The van der Waals surface area contributed by atoms with Gasteiger partial charge in [-0.1, -0.05) is 11.8 Å². The number of hydrogen-bond donors (Lipinski definition) is 3. The van der Waals surface area contributed by atoms with Crippen LogP contribution in [0.2, 0.25) is 0 Å². The summed E-state index contributed by atoms with van der Waals surface area (Å²) in [5, 5.41) is 19.6. The Morgan fingerprint density at radius 3 is 2.31 bits per heavy atom. The summed E-state index contributed by atoms with van der Waals surface area (Å²) < 4.78 is 26.3. The molecule has 11 heteroatoms. The molecule has 0 spiro atoms. The summed E-state index contributed by atoms with van der Waals surface area (Å²) in [6.45, 7) is 3.13. The Morgan fingerprint density at radius 2 is 1.76 bits per heavy atom. The SMILES string of the molecule is CC1(C)SCCN(S(=O)(=O)c2ccc(Sc3ccncc3)cc2)[C@@]1(NO)C(=O)O. The molecule has 1 aromatic carbocycles. The van der Waals surface area contributed by atoms with Crippen LogP contribution in [0.3, 0.4) is 0 Å². The molecule has 0 unspecified atom stereocenters. The standard InChI is InChI=1S/C18H21N3O5S3/c1-17(2)18(20-24,16(22)23)21(11-12-27-17)29(25,26)15-5-3-13(4-6-15)28-14-7-9-19-10-8-14/h3-10,20,24H,11-12H2,1-2H3,(H,22,23)/t18-/m0/s1. The lowest BCUT2D eigenvalue weighted by atomic mass is 9.95. The van der Waals surface area contributed by atoms with Crippen molar-refractivity contribution in [2.45, 2.75) is 38.9 Å². The number of aromatic nitrogens is 1. The van der Waals surface area contributed by atoms with Gasteiger partial charge in [-0.3, -0.25) is 4.98 Å². The molecule has 156 valence electrons. The lowest BCUT2D eigenvalue weighted by Gasteiger charge is -2.50. The largest absolute Gasteiger partial charge is 0.479 e. The molecule has 8 nitrogen and oxygen atoms in total. The third-order valence-electron chi connectivity index (χ3n) is 4.77. The van der Waals surface area contributed by atoms with Gasteiger partial charge in [0, 0.05) is 34.5 Å². The minimum Gasteiger partial charge on any atom is -0.479 e. The maximum atomic E-state index is 13.3. The molecule has 0 saturated carbocycles. The van der Waals surface area contributed by atoms with Crippen LogP contribution < -0.4 is 5.48 Å². The van der Waals surface area contributed by atoms with Crippen LogP contribution in [-0.2, 0) is 14.8 Å². The first-order chi connectivity index (χ1) is 13.6. The fourth-order valence-electron chi connectivity index (χ4n) is 3.21. The number of nitrogens with one attached hydrogen (secondary N) is 1. The summed E-state index contributed by atoms with van der Waals surface area (Å²) in [6, 6.07) is 9.90. The molecule has 1 aliphatic heterocycles. The van der Waals surface area contributed by atoms with E-state index in [0.717, 1.165) is 14.1 Å².